The molecule has 3 atom stereocenters. The van der Waals surface area contributed by atoms with Gasteiger partial charge in [-0.1, -0.05) is 12.1 Å². The summed E-state index contributed by atoms with van der Waals surface area (Å²) in [7, 11) is 2.97. The predicted octanol–water partition coefficient (Wildman–Crippen LogP) is 0.501. The largest absolute Gasteiger partial charge is 0.453 e. The Bertz CT molecular complexity index is 652. The second kappa shape index (κ2) is 10.4. The van der Waals surface area contributed by atoms with Gasteiger partial charge in [0.05, 0.1) is 50.9 Å². The third-order valence-electron chi connectivity index (χ3n) is 5.08. The molecule has 1 aromatic heterocycles. The number of aliphatic hydroxyl groups is 1. The van der Waals surface area contributed by atoms with Gasteiger partial charge in [0.25, 0.3) is 0 Å². The van der Waals surface area contributed by atoms with Crippen molar-refractivity contribution in [1.82, 2.24) is 24.8 Å². The van der Waals surface area contributed by atoms with Crippen LogP contribution in [0, 0.1) is 5.92 Å². The molecule has 1 aliphatic rings. The van der Waals surface area contributed by atoms with Gasteiger partial charge in [-0.05, 0) is 13.3 Å². The number of carbonyl (C=O) groups is 2. The number of carbonyl (C=O) groups excluding carboxylic acids is 2. The Labute approximate surface area is 165 Å². The Kier molecular flexibility index (Phi) is 8.18. The molecule has 158 valence electrons. The summed E-state index contributed by atoms with van der Waals surface area (Å²) in [6.45, 7) is 5.29. The van der Waals surface area contributed by atoms with Crippen LogP contribution in [-0.4, -0.2) is 87.9 Å². The van der Waals surface area contributed by atoms with E-state index in [0.717, 1.165) is 5.69 Å². The van der Waals surface area contributed by atoms with E-state index in [-0.39, 0.29) is 30.6 Å². The van der Waals surface area contributed by atoms with E-state index in [1.54, 1.807) is 22.8 Å². The fourth-order valence-corrected chi connectivity index (χ4v) is 3.25. The van der Waals surface area contributed by atoms with Gasteiger partial charge >= 0.3 is 6.09 Å². The van der Waals surface area contributed by atoms with E-state index in [0.29, 0.717) is 39.1 Å². The van der Waals surface area contributed by atoms with Crippen molar-refractivity contribution in [2.75, 3.05) is 33.9 Å². The first kappa shape index (κ1) is 22.1. The van der Waals surface area contributed by atoms with E-state index < -0.39 is 6.09 Å². The molecule has 0 bridgehead atoms. The van der Waals surface area contributed by atoms with Crippen LogP contribution in [0.2, 0.25) is 0 Å². The zero-order chi connectivity index (χ0) is 20.7. The maximum atomic E-state index is 12.8. The number of ether oxygens (including phenoxy) is 2. The standard InChI is InChI=1S/C18H31N5O5/c1-13-9-22(14(2)11-24)17(25)6-5-7-23-15(8-19-20-23)12-28-16(13)10-21(3)18(26)27-4/h8,13-14,16,24H,5-7,9-12H2,1-4H3/t13-,14+,16-/m1/s1. The molecule has 1 aliphatic heterocycles. The Hall–Kier alpha value is -2.20. The topological polar surface area (TPSA) is 110 Å². The fourth-order valence-electron chi connectivity index (χ4n) is 3.25. The molecule has 0 saturated heterocycles. The predicted molar refractivity (Wildman–Crippen MR) is 100 cm³/mol. The normalized spacial score (nSPS) is 22.6. The van der Waals surface area contributed by atoms with Crippen LogP contribution in [0.15, 0.2) is 6.20 Å². The van der Waals surface area contributed by atoms with Crippen LogP contribution in [0.1, 0.15) is 32.4 Å². The third-order valence-corrected chi connectivity index (χ3v) is 5.08. The molecule has 1 N–H and O–H groups in total. The van der Waals surface area contributed by atoms with Crippen molar-refractivity contribution in [2.24, 2.45) is 5.92 Å². The van der Waals surface area contributed by atoms with E-state index >= 15 is 0 Å². The number of likely N-dealkylation sites (N-methyl/N-ethyl adjacent to an activating group) is 1. The molecular formula is C18H31N5O5. The Morgan fingerprint density at radius 1 is 1.54 bits per heavy atom. The lowest BCUT2D eigenvalue weighted by molar-refractivity contribution is -0.136. The van der Waals surface area contributed by atoms with Crippen LogP contribution in [0.5, 0.6) is 0 Å². The minimum absolute atomic E-state index is 0.0179. The maximum absolute atomic E-state index is 12.8. The first-order chi connectivity index (χ1) is 13.4. The van der Waals surface area contributed by atoms with Crippen molar-refractivity contribution in [2.45, 2.75) is 52.0 Å². The molecule has 0 aromatic carbocycles. The van der Waals surface area contributed by atoms with Gasteiger partial charge in [0.15, 0.2) is 0 Å². The molecule has 0 spiro atoms. The Morgan fingerprint density at radius 3 is 2.96 bits per heavy atom. The fraction of sp³-hybridized carbons (Fsp3) is 0.778. The number of aliphatic hydroxyl groups excluding tert-OH is 1. The number of fused-ring (bicyclic) bond motifs is 1. The molecule has 2 rings (SSSR count). The zero-order valence-electron chi connectivity index (χ0n) is 17.1. The van der Waals surface area contributed by atoms with Crippen molar-refractivity contribution in [3.8, 4) is 0 Å². The van der Waals surface area contributed by atoms with E-state index in [1.807, 2.05) is 13.8 Å². The minimum atomic E-state index is -0.453. The van der Waals surface area contributed by atoms with Crippen molar-refractivity contribution in [1.29, 1.82) is 0 Å². The average molecular weight is 397 g/mol. The van der Waals surface area contributed by atoms with Gasteiger partial charge in [0.2, 0.25) is 5.91 Å². The summed E-state index contributed by atoms with van der Waals surface area (Å²) in [6, 6.07) is -0.293. The van der Waals surface area contributed by atoms with Crippen LogP contribution in [0.25, 0.3) is 0 Å². The zero-order valence-corrected chi connectivity index (χ0v) is 17.1. The molecule has 0 saturated carbocycles. The van der Waals surface area contributed by atoms with Gasteiger partial charge < -0.3 is 24.4 Å². The molecular weight excluding hydrogens is 366 g/mol. The monoisotopic (exact) mass is 397 g/mol. The summed E-state index contributed by atoms with van der Waals surface area (Å²) < 4.78 is 12.6. The van der Waals surface area contributed by atoms with Gasteiger partial charge in [-0.15, -0.1) is 5.10 Å². The Morgan fingerprint density at radius 2 is 2.29 bits per heavy atom. The van der Waals surface area contributed by atoms with E-state index in [9.17, 15) is 14.7 Å². The first-order valence-corrected chi connectivity index (χ1v) is 9.55. The molecule has 0 unspecified atom stereocenters. The van der Waals surface area contributed by atoms with E-state index in [4.69, 9.17) is 9.47 Å². The van der Waals surface area contributed by atoms with Gasteiger partial charge in [0, 0.05) is 32.5 Å². The van der Waals surface area contributed by atoms with Crippen molar-refractivity contribution >= 4 is 12.0 Å². The number of nitrogens with zero attached hydrogens (tertiary/aromatic N) is 5. The number of aromatic nitrogens is 3. The smallest absolute Gasteiger partial charge is 0.409 e. The van der Waals surface area contributed by atoms with Crippen LogP contribution < -0.4 is 0 Å². The first-order valence-electron chi connectivity index (χ1n) is 9.55. The highest BCUT2D eigenvalue weighted by molar-refractivity contribution is 5.76. The van der Waals surface area contributed by atoms with Crippen LogP contribution in [0.3, 0.4) is 0 Å². The summed E-state index contributed by atoms with van der Waals surface area (Å²) in [5.74, 6) is -0.0930. The lowest BCUT2D eigenvalue weighted by atomic mass is 10.0. The van der Waals surface area contributed by atoms with E-state index in [1.165, 1.54) is 12.0 Å². The van der Waals surface area contributed by atoms with Gasteiger partial charge in [0.1, 0.15) is 0 Å². The molecule has 2 amide bonds. The molecule has 10 nitrogen and oxygen atoms in total. The lowest BCUT2D eigenvalue weighted by Crippen LogP contribution is -2.47. The van der Waals surface area contributed by atoms with E-state index in [2.05, 4.69) is 10.3 Å². The van der Waals surface area contributed by atoms with Gasteiger partial charge in [-0.3, -0.25) is 4.79 Å². The van der Waals surface area contributed by atoms with Gasteiger partial charge in [-0.25, -0.2) is 9.48 Å². The highest BCUT2D eigenvalue weighted by Crippen LogP contribution is 2.18. The summed E-state index contributed by atoms with van der Waals surface area (Å²) >= 11 is 0. The number of hydrogen-bond acceptors (Lipinski definition) is 7. The highest BCUT2D eigenvalue weighted by atomic mass is 16.5. The van der Waals surface area contributed by atoms with Crippen molar-refractivity contribution < 1.29 is 24.2 Å². The molecule has 0 aliphatic carbocycles. The van der Waals surface area contributed by atoms with Gasteiger partial charge in [-0.2, -0.15) is 0 Å². The number of rotatable bonds is 4. The van der Waals surface area contributed by atoms with Crippen LogP contribution in [0.4, 0.5) is 4.79 Å². The summed E-state index contributed by atoms with van der Waals surface area (Å²) in [5.41, 5.74) is 0.825. The quantitative estimate of drug-likeness (QED) is 0.788. The minimum Gasteiger partial charge on any atom is -0.453 e. The summed E-state index contributed by atoms with van der Waals surface area (Å²) in [4.78, 5) is 27.7. The molecule has 0 radical (unpaired) electrons. The lowest BCUT2D eigenvalue weighted by Gasteiger charge is -2.35. The average Bonchev–Trinajstić information content (AvgIpc) is 3.13. The molecule has 10 heteroatoms. The third kappa shape index (κ3) is 5.65. The molecule has 28 heavy (non-hydrogen) atoms. The maximum Gasteiger partial charge on any atom is 0.409 e. The summed E-state index contributed by atoms with van der Waals surface area (Å²) in [5, 5.41) is 17.6. The van der Waals surface area contributed by atoms with Crippen LogP contribution in [-0.2, 0) is 27.4 Å². The molecule has 1 aromatic rings. The molecule has 2 heterocycles. The Balaban J connectivity index is 2.25. The second-order valence-electron chi connectivity index (χ2n) is 7.31. The molecule has 0 fully saturated rings. The SMILES string of the molecule is COC(=O)N(C)C[C@H]1OCc2cnnn2CCCC(=O)N([C@@H](C)CO)C[C@H]1C. The number of hydrogen-bond donors (Lipinski definition) is 1. The van der Waals surface area contributed by atoms with Crippen LogP contribution >= 0.6 is 0 Å². The number of amides is 2. The number of aryl methyl sites for hydroxylation is 1. The second-order valence-corrected chi connectivity index (χ2v) is 7.31. The summed E-state index contributed by atoms with van der Waals surface area (Å²) in [6.07, 6.45) is 1.86. The number of methoxy groups -OCH3 is 1. The van der Waals surface area contributed by atoms with Crippen molar-refractivity contribution in [3.63, 3.8) is 0 Å². The van der Waals surface area contributed by atoms with Crippen molar-refractivity contribution in [3.05, 3.63) is 11.9 Å². The highest BCUT2D eigenvalue weighted by Gasteiger charge is 2.29.